The Balaban J connectivity index is 1.66. The Hall–Kier alpha value is -3.36. The molecule has 202 valence electrons. The summed E-state index contributed by atoms with van der Waals surface area (Å²) in [6.07, 6.45) is 4.30. The molecule has 0 aliphatic carbocycles. The number of nitrogens with zero attached hydrogens (tertiary/aromatic N) is 2. The van der Waals surface area contributed by atoms with E-state index in [2.05, 4.69) is 17.0 Å². The van der Waals surface area contributed by atoms with Gasteiger partial charge in [0.15, 0.2) is 5.78 Å². The van der Waals surface area contributed by atoms with Gasteiger partial charge in [0.25, 0.3) is 0 Å². The van der Waals surface area contributed by atoms with Gasteiger partial charge in [-0.3, -0.25) is 14.5 Å². The molecule has 4 rings (SSSR count). The van der Waals surface area contributed by atoms with Gasteiger partial charge in [0.1, 0.15) is 16.9 Å². The van der Waals surface area contributed by atoms with Crippen LogP contribution in [0.3, 0.4) is 0 Å². The van der Waals surface area contributed by atoms with E-state index in [9.17, 15) is 14.4 Å². The Morgan fingerprint density at radius 2 is 1.58 bits per heavy atom. The summed E-state index contributed by atoms with van der Waals surface area (Å²) < 4.78 is 11.5. The van der Waals surface area contributed by atoms with Crippen LogP contribution >= 0.6 is 0 Å². The van der Waals surface area contributed by atoms with E-state index in [1.54, 1.807) is 30.3 Å². The molecule has 1 aliphatic rings. The zero-order valence-corrected chi connectivity index (χ0v) is 22.7. The highest BCUT2D eigenvalue weighted by Gasteiger charge is 2.36. The van der Waals surface area contributed by atoms with E-state index in [0.29, 0.717) is 55.0 Å². The van der Waals surface area contributed by atoms with Crippen molar-refractivity contribution in [2.24, 2.45) is 5.16 Å². The van der Waals surface area contributed by atoms with Crippen LogP contribution in [-0.4, -0.2) is 60.0 Å². The fourth-order valence-electron chi connectivity index (χ4n) is 4.88. The Morgan fingerprint density at radius 1 is 0.947 bits per heavy atom. The predicted molar refractivity (Wildman–Crippen MR) is 147 cm³/mol. The van der Waals surface area contributed by atoms with Gasteiger partial charge in [-0.05, 0) is 63.1 Å². The van der Waals surface area contributed by atoms with E-state index < -0.39 is 11.5 Å². The second-order valence-electron chi connectivity index (χ2n) is 10.3. The number of benzene rings is 2. The largest absolute Gasteiger partial charge is 0.456 e. The third-order valence-corrected chi connectivity index (χ3v) is 7.16. The van der Waals surface area contributed by atoms with Crippen LogP contribution in [0.5, 0.6) is 0 Å². The molecular weight excluding hydrogens is 484 g/mol. The number of hydrogen-bond donors (Lipinski definition) is 0. The van der Waals surface area contributed by atoms with Crippen molar-refractivity contribution in [1.29, 1.82) is 0 Å². The number of rotatable bonds is 11. The van der Waals surface area contributed by atoms with Crippen molar-refractivity contribution in [2.45, 2.75) is 65.3 Å². The van der Waals surface area contributed by atoms with Crippen LogP contribution in [0.15, 0.2) is 46.0 Å². The molecule has 2 aromatic carbocycles. The Kier molecular flexibility index (Phi) is 8.74. The van der Waals surface area contributed by atoms with Gasteiger partial charge >= 0.3 is 5.97 Å². The van der Waals surface area contributed by atoms with Crippen molar-refractivity contribution in [3.05, 3.63) is 47.5 Å². The number of Topliss-reactive ketones (excluding diaryl/α,β-unsaturated/α-hetero) is 2. The average molecular weight is 521 g/mol. The minimum atomic E-state index is -0.683. The molecule has 0 unspecified atom stereocenters. The van der Waals surface area contributed by atoms with Crippen LogP contribution in [0, 0.1) is 0 Å². The van der Waals surface area contributed by atoms with Crippen molar-refractivity contribution in [2.75, 3.05) is 26.3 Å². The monoisotopic (exact) mass is 520 g/mol. The molecule has 3 aromatic rings. The summed E-state index contributed by atoms with van der Waals surface area (Å²) >= 11 is 0. The maximum Gasteiger partial charge on any atom is 0.331 e. The molecule has 0 N–H and O–H groups in total. The quantitative estimate of drug-likeness (QED) is 0.101. The lowest BCUT2D eigenvalue weighted by atomic mass is 9.90. The van der Waals surface area contributed by atoms with Crippen molar-refractivity contribution in [3.63, 3.8) is 0 Å². The number of ketones is 2. The molecule has 1 aliphatic heterocycles. The number of carbonyl (C=O) groups is 3. The van der Waals surface area contributed by atoms with Gasteiger partial charge in [-0.2, -0.15) is 0 Å². The van der Waals surface area contributed by atoms with Gasteiger partial charge in [0.2, 0.25) is 5.78 Å². The van der Waals surface area contributed by atoms with Crippen LogP contribution in [0.2, 0.25) is 0 Å². The van der Waals surface area contributed by atoms with E-state index in [1.807, 2.05) is 19.9 Å². The van der Waals surface area contributed by atoms with Crippen molar-refractivity contribution in [3.8, 4) is 0 Å². The normalized spacial score (nSPS) is 15.2. The highest BCUT2D eigenvalue weighted by Crippen LogP contribution is 2.32. The molecule has 1 fully saturated rings. The maximum absolute atomic E-state index is 13.6. The molecule has 0 amide bonds. The number of carbonyl (C=O) groups excluding carboxylic acids is 3. The average Bonchev–Trinajstić information content (AvgIpc) is 3.29. The molecule has 0 saturated carbocycles. The second-order valence-corrected chi connectivity index (χ2v) is 10.3. The third kappa shape index (κ3) is 6.03. The molecule has 1 saturated heterocycles. The molecular formula is C30H36N2O6. The second kappa shape index (κ2) is 12.0. The van der Waals surface area contributed by atoms with Crippen LogP contribution < -0.4 is 0 Å². The molecule has 0 radical (unpaired) electrons. The molecule has 1 aromatic heterocycles. The highest BCUT2D eigenvalue weighted by atomic mass is 16.7. The number of hydrogen-bond acceptors (Lipinski definition) is 8. The number of ether oxygens (including phenoxy) is 1. The van der Waals surface area contributed by atoms with E-state index in [0.717, 1.165) is 36.5 Å². The molecule has 8 heteroatoms. The first-order valence-electron chi connectivity index (χ1n) is 13.4. The smallest absolute Gasteiger partial charge is 0.331 e. The summed E-state index contributed by atoms with van der Waals surface area (Å²) in [5.41, 5.74) is 1.80. The lowest BCUT2D eigenvalue weighted by Crippen LogP contribution is -2.54. The molecule has 0 bridgehead atoms. The van der Waals surface area contributed by atoms with E-state index in [-0.39, 0.29) is 17.3 Å². The summed E-state index contributed by atoms with van der Waals surface area (Å²) in [4.78, 5) is 45.3. The van der Waals surface area contributed by atoms with Crippen LogP contribution in [0.4, 0.5) is 0 Å². The van der Waals surface area contributed by atoms with Crippen molar-refractivity contribution >= 4 is 45.2 Å². The summed E-state index contributed by atoms with van der Waals surface area (Å²) in [5.74, 6) is -0.845. The molecule has 0 spiro atoms. The Morgan fingerprint density at radius 3 is 2.21 bits per heavy atom. The minimum Gasteiger partial charge on any atom is -0.456 e. The number of oxime groups is 1. The zero-order valence-electron chi connectivity index (χ0n) is 22.7. The van der Waals surface area contributed by atoms with Gasteiger partial charge in [0, 0.05) is 41.9 Å². The minimum absolute atomic E-state index is 0.0192. The first kappa shape index (κ1) is 27.7. The van der Waals surface area contributed by atoms with Crippen LogP contribution in [0.25, 0.3) is 21.9 Å². The number of fused-ring (bicyclic) bond motifs is 3. The van der Waals surface area contributed by atoms with Crippen LogP contribution in [0.1, 0.15) is 80.5 Å². The van der Waals surface area contributed by atoms with E-state index in [1.165, 1.54) is 6.92 Å². The van der Waals surface area contributed by atoms with Gasteiger partial charge < -0.3 is 14.0 Å². The predicted octanol–water partition coefficient (Wildman–Crippen LogP) is 5.95. The van der Waals surface area contributed by atoms with E-state index in [4.69, 9.17) is 14.0 Å². The maximum atomic E-state index is 13.6. The SMILES string of the molecule is CCCCCC/C(=N\OC(C)=O)C(=O)c1ccc2oc3ccc(C(=O)C(C)(C)N4CCOCC4)cc3c2c1. The Bertz CT molecular complexity index is 1360. The molecule has 8 nitrogen and oxygen atoms in total. The van der Waals surface area contributed by atoms with Crippen LogP contribution in [-0.2, 0) is 14.4 Å². The summed E-state index contributed by atoms with van der Waals surface area (Å²) in [6.45, 7) is 9.89. The summed E-state index contributed by atoms with van der Waals surface area (Å²) in [5, 5.41) is 5.37. The Labute approximate surface area is 222 Å². The molecule has 2 heterocycles. The molecule has 0 atom stereocenters. The van der Waals surface area contributed by atoms with Gasteiger partial charge in [-0.25, -0.2) is 4.79 Å². The summed E-state index contributed by atoms with van der Waals surface area (Å²) in [6, 6.07) is 10.7. The fraction of sp³-hybridized carbons (Fsp3) is 0.467. The standard InChI is InChI=1S/C30H36N2O6/c1-5-6-7-8-9-25(31-38-20(2)33)28(34)21-10-12-26-23(18-21)24-19-22(11-13-27(24)37-26)29(35)30(3,4)32-14-16-36-17-15-32/h10-13,18-19H,5-9,14-17H2,1-4H3/b31-25+. The third-order valence-electron chi connectivity index (χ3n) is 7.16. The zero-order chi connectivity index (χ0) is 27.3. The number of unbranched alkanes of at least 4 members (excludes halogenated alkanes) is 3. The topological polar surface area (TPSA) is 98.4 Å². The summed E-state index contributed by atoms with van der Waals surface area (Å²) in [7, 11) is 0. The highest BCUT2D eigenvalue weighted by molar-refractivity contribution is 6.46. The lowest BCUT2D eigenvalue weighted by Gasteiger charge is -2.39. The van der Waals surface area contributed by atoms with Gasteiger partial charge in [0.05, 0.1) is 18.8 Å². The van der Waals surface area contributed by atoms with Gasteiger partial charge in [-0.1, -0.05) is 31.3 Å². The van der Waals surface area contributed by atoms with E-state index >= 15 is 0 Å². The first-order chi connectivity index (χ1) is 18.2. The molecule has 38 heavy (non-hydrogen) atoms. The fourth-order valence-corrected chi connectivity index (χ4v) is 4.88. The van der Waals surface area contributed by atoms with Crippen molar-refractivity contribution < 1.29 is 28.4 Å². The first-order valence-corrected chi connectivity index (χ1v) is 13.4. The lowest BCUT2D eigenvalue weighted by molar-refractivity contribution is -0.140. The van der Waals surface area contributed by atoms with Crippen molar-refractivity contribution in [1.82, 2.24) is 4.90 Å². The van der Waals surface area contributed by atoms with Gasteiger partial charge in [-0.15, -0.1) is 0 Å². The number of furan rings is 1. The number of morpholine rings is 1.